The van der Waals surface area contributed by atoms with Crippen molar-refractivity contribution in [2.24, 2.45) is 0 Å². The van der Waals surface area contributed by atoms with Gasteiger partial charge in [-0.1, -0.05) is 32.0 Å². The number of para-hydroxylation sites is 1. The summed E-state index contributed by atoms with van der Waals surface area (Å²) in [5, 5.41) is 10.2. The predicted octanol–water partition coefficient (Wildman–Crippen LogP) is 2.67. The second-order valence-corrected chi connectivity index (χ2v) is 5.23. The average molecular weight is 289 g/mol. The Labute approximate surface area is 125 Å². The van der Waals surface area contributed by atoms with E-state index in [1.807, 2.05) is 31.2 Å². The van der Waals surface area contributed by atoms with Gasteiger partial charge in [0.25, 0.3) is 0 Å². The van der Waals surface area contributed by atoms with Crippen LogP contribution in [0, 0.1) is 6.92 Å². The van der Waals surface area contributed by atoms with Crippen LogP contribution in [0.3, 0.4) is 0 Å². The third-order valence-electron chi connectivity index (χ3n) is 2.95. The molecular weight excluding hydrogens is 266 g/mol. The molecule has 114 valence electrons. The van der Waals surface area contributed by atoms with Gasteiger partial charge in [0.1, 0.15) is 19.0 Å². The van der Waals surface area contributed by atoms with Gasteiger partial charge in [0.2, 0.25) is 5.88 Å². The maximum atomic E-state index is 5.79. The number of aromatic nitrogens is 2. The average Bonchev–Trinajstić information content (AvgIpc) is 2.88. The van der Waals surface area contributed by atoms with Gasteiger partial charge in [-0.05, 0) is 13.0 Å². The zero-order valence-corrected chi connectivity index (χ0v) is 12.8. The molecule has 0 bridgehead atoms. The molecule has 21 heavy (non-hydrogen) atoms. The van der Waals surface area contributed by atoms with Crippen LogP contribution in [0.25, 0.3) is 0 Å². The van der Waals surface area contributed by atoms with Gasteiger partial charge in [-0.2, -0.15) is 0 Å². The molecular formula is C16H23N3O2. The van der Waals surface area contributed by atoms with Crippen molar-refractivity contribution in [2.75, 3.05) is 13.2 Å². The quantitative estimate of drug-likeness (QED) is 0.734. The van der Waals surface area contributed by atoms with E-state index in [-0.39, 0.29) is 0 Å². The van der Waals surface area contributed by atoms with Crippen molar-refractivity contribution >= 4 is 0 Å². The van der Waals surface area contributed by atoms with Crippen LogP contribution in [-0.2, 0) is 6.54 Å². The van der Waals surface area contributed by atoms with Crippen LogP contribution in [0.4, 0.5) is 0 Å². The highest BCUT2D eigenvalue weighted by Crippen LogP contribution is 2.18. The van der Waals surface area contributed by atoms with Crippen LogP contribution < -0.4 is 14.8 Å². The highest BCUT2D eigenvalue weighted by molar-refractivity contribution is 5.33. The van der Waals surface area contributed by atoms with E-state index in [2.05, 4.69) is 35.4 Å². The number of hydrogen-bond donors (Lipinski definition) is 2. The molecule has 0 radical (unpaired) electrons. The van der Waals surface area contributed by atoms with Crippen LogP contribution in [0.5, 0.6) is 11.6 Å². The maximum Gasteiger partial charge on any atom is 0.232 e. The first-order valence-electron chi connectivity index (χ1n) is 7.24. The highest BCUT2D eigenvalue weighted by Gasteiger charge is 2.04. The van der Waals surface area contributed by atoms with Gasteiger partial charge in [0, 0.05) is 29.9 Å². The Bertz CT molecular complexity index is 552. The zero-order valence-electron chi connectivity index (χ0n) is 12.8. The predicted molar refractivity (Wildman–Crippen MR) is 82.7 cm³/mol. The van der Waals surface area contributed by atoms with E-state index < -0.39 is 0 Å². The Morgan fingerprint density at radius 1 is 1.19 bits per heavy atom. The van der Waals surface area contributed by atoms with Crippen LogP contribution >= 0.6 is 0 Å². The number of hydrogen-bond acceptors (Lipinski definition) is 4. The Balaban J connectivity index is 1.79. The van der Waals surface area contributed by atoms with Crippen molar-refractivity contribution in [1.29, 1.82) is 0 Å². The lowest BCUT2D eigenvalue weighted by atomic mass is 10.2. The van der Waals surface area contributed by atoms with Gasteiger partial charge in [0.15, 0.2) is 0 Å². The molecule has 2 N–H and O–H groups in total. The Kier molecular flexibility index (Phi) is 5.63. The molecule has 0 aliphatic rings. The highest BCUT2D eigenvalue weighted by atomic mass is 16.5. The van der Waals surface area contributed by atoms with Gasteiger partial charge < -0.3 is 14.8 Å². The standard InChI is InChI=1S/C16H23N3O2/c1-12(2)17-11-14-6-4-5-7-15(14)20-8-9-21-16-10-13(3)18-19-16/h4-7,10,12,17H,8-9,11H2,1-3H3,(H,18,19). The molecule has 0 amide bonds. The van der Waals surface area contributed by atoms with Crippen molar-refractivity contribution in [1.82, 2.24) is 15.5 Å². The normalized spacial score (nSPS) is 10.9. The summed E-state index contributed by atoms with van der Waals surface area (Å²) in [6.45, 7) is 7.95. The minimum atomic E-state index is 0.448. The van der Waals surface area contributed by atoms with E-state index in [0.717, 1.165) is 23.6 Å². The number of nitrogens with one attached hydrogen (secondary N) is 2. The SMILES string of the molecule is Cc1cc(OCCOc2ccccc2CNC(C)C)n[nH]1. The smallest absolute Gasteiger partial charge is 0.232 e. The summed E-state index contributed by atoms with van der Waals surface area (Å²) >= 11 is 0. The minimum Gasteiger partial charge on any atom is -0.490 e. The molecule has 0 unspecified atom stereocenters. The largest absolute Gasteiger partial charge is 0.490 e. The Morgan fingerprint density at radius 3 is 2.67 bits per heavy atom. The first-order chi connectivity index (χ1) is 10.1. The van der Waals surface area contributed by atoms with Crippen molar-refractivity contribution in [3.63, 3.8) is 0 Å². The minimum absolute atomic E-state index is 0.448. The molecule has 1 aromatic carbocycles. The topological polar surface area (TPSA) is 59.2 Å². The van der Waals surface area contributed by atoms with Gasteiger partial charge in [-0.25, -0.2) is 0 Å². The third kappa shape index (κ3) is 5.11. The van der Waals surface area contributed by atoms with E-state index in [4.69, 9.17) is 9.47 Å². The van der Waals surface area contributed by atoms with Crippen molar-refractivity contribution < 1.29 is 9.47 Å². The van der Waals surface area contributed by atoms with Crippen molar-refractivity contribution in [3.05, 3.63) is 41.6 Å². The number of nitrogens with zero attached hydrogens (tertiary/aromatic N) is 1. The summed E-state index contributed by atoms with van der Waals surface area (Å²) in [5.74, 6) is 1.50. The van der Waals surface area contributed by atoms with Crippen LogP contribution in [0.15, 0.2) is 30.3 Å². The molecule has 5 nitrogen and oxygen atoms in total. The summed E-state index contributed by atoms with van der Waals surface area (Å²) < 4.78 is 11.3. The molecule has 0 saturated heterocycles. The lowest BCUT2D eigenvalue weighted by molar-refractivity contribution is 0.210. The molecule has 0 aliphatic carbocycles. The van der Waals surface area contributed by atoms with Gasteiger partial charge in [0.05, 0.1) is 0 Å². The van der Waals surface area contributed by atoms with Gasteiger partial charge in [-0.15, -0.1) is 5.10 Å². The summed E-state index contributed by atoms with van der Waals surface area (Å²) in [6, 6.07) is 10.4. The van der Waals surface area contributed by atoms with E-state index in [1.165, 1.54) is 0 Å². The second kappa shape index (κ2) is 7.69. The molecule has 0 atom stereocenters. The van der Waals surface area contributed by atoms with Gasteiger partial charge >= 0.3 is 0 Å². The number of rotatable bonds is 8. The third-order valence-corrected chi connectivity index (χ3v) is 2.95. The van der Waals surface area contributed by atoms with Crippen LogP contribution in [-0.4, -0.2) is 29.5 Å². The molecule has 1 aromatic heterocycles. The summed E-state index contributed by atoms with van der Waals surface area (Å²) in [5.41, 5.74) is 2.14. The zero-order chi connectivity index (χ0) is 15.1. The summed E-state index contributed by atoms with van der Waals surface area (Å²) in [6.07, 6.45) is 0. The fourth-order valence-corrected chi connectivity index (χ4v) is 1.87. The molecule has 0 fully saturated rings. The fraction of sp³-hybridized carbons (Fsp3) is 0.438. The first kappa shape index (κ1) is 15.4. The second-order valence-electron chi connectivity index (χ2n) is 5.23. The maximum absolute atomic E-state index is 5.79. The van der Waals surface area contributed by atoms with E-state index in [1.54, 1.807) is 0 Å². The van der Waals surface area contributed by atoms with Gasteiger partial charge in [-0.3, -0.25) is 5.10 Å². The number of benzene rings is 1. The molecule has 1 heterocycles. The number of ether oxygens (including phenoxy) is 2. The summed E-state index contributed by atoms with van der Waals surface area (Å²) in [7, 11) is 0. The monoisotopic (exact) mass is 289 g/mol. The Morgan fingerprint density at radius 2 is 1.95 bits per heavy atom. The molecule has 5 heteroatoms. The Hall–Kier alpha value is -2.01. The number of aromatic amines is 1. The van der Waals surface area contributed by atoms with Crippen LogP contribution in [0.2, 0.25) is 0 Å². The molecule has 0 aliphatic heterocycles. The lowest BCUT2D eigenvalue weighted by Gasteiger charge is -2.13. The lowest BCUT2D eigenvalue weighted by Crippen LogP contribution is -2.22. The van der Waals surface area contributed by atoms with Crippen LogP contribution in [0.1, 0.15) is 25.1 Å². The molecule has 0 spiro atoms. The first-order valence-corrected chi connectivity index (χ1v) is 7.24. The molecule has 2 aromatic rings. The summed E-state index contributed by atoms with van der Waals surface area (Å²) in [4.78, 5) is 0. The van der Waals surface area contributed by atoms with E-state index in [9.17, 15) is 0 Å². The molecule has 2 rings (SSSR count). The van der Waals surface area contributed by atoms with Crippen molar-refractivity contribution in [2.45, 2.75) is 33.4 Å². The molecule has 0 saturated carbocycles. The van der Waals surface area contributed by atoms with E-state index >= 15 is 0 Å². The van der Waals surface area contributed by atoms with Crippen molar-refractivity contribution in [3.8, 4) is 11.6 Å². The number of aryl methyl sites for hydroxylation is 1. The fourth-order valence-electron chi connectivity index (χ4n) is 1.87. The number of H-pyrrole nitrogens is 1. The van der Waals surface area contributed by atoms with E-state index in [0.29, 0.717) is 25.1 Å².